The van der Waals surface area contributed by atoms with E-state index in [0.717, 1.165) is 29.8 Å². The summed E-state index contributed by atoms with van der Waals surface area (Å²) in [5, 5.41) is 15.5. The Balaban J connectivity index is 1.71. The van der Waals surface area contributed by atoms with Gasteiger partial charge in [-0.25, -0.2) is 9.07 Å². The van der Waals surface area contributed by atoms with E-state index in [1.807, 2.05) is 30.3 Å². The highest BCUT2D eigenvalue weighted by Crippen LogP contribution is 2.37. The van der Waals surface area contributed by atoms with Gasteiger partial charge in [-0.3, -0.25) is 4.90 Å². The Bertz CT molecular complexity index is 1110. The van der Waals surface area contributed by atoms with Crippen LogP contribution in [0.5, 0.6) is 11.6 Å². The normalized spacial score (nSPS) is 14.5. The second kappa shape index (κ2) is 11.6. The highest BCUT2D eigenvalue weighted by molar-refractivity contribution is 5.44. The van der Waals surface area contributed by atoms with Gasteiger partial charge in [0.05, 0.1) is 36.3 Å². The number of aliphatic hydroxyl groups is 1. The lowest BCUT2D eigenvalue weighted by molar-refractivity contribution is 0.0226. The summed E-state index contributed by atoms with van der Waals surface area (Å²) in [5.41, 5.74) is 2.63. The molecule has 1 aromatic heterocycles. The Kier molecular flexibility index (Phi) is 8.33. The summed E-state index contributed by atoms with van der Waals surface area (Å²) in [6.45, 7) is 9.48. The lowest BCUT2D eigenvalue weighted by Gasteiger charge is -2.25. The van der Waals surface area contributed by atoms with Crippen molar-refractivity contribution in [1.82, 2.24) is 14.7 Å². The first-order valence-corrected chi connectivity index (χ1v) is 12.2. The van der Waals surface area contributed by atoms with E-state index in [-0.39, 0.29) is 18.3 Å². The minimum atomic E-state index is -0.627. The maximum Gasteiger partial charge on any atom is 0.227 e. The molecule has 1 saturated carbocycles. The van der Waals surface area contributed by atoms with E-state index in [4.69, 9.17) is 14.6 Å². The SMILES string of the molecule is C=CCOC[C@H](O)CN(Cc1c(C(C)C)nn(-c2ccccc2)c1Oc1ccccc1F)C1CC1. The van der Waals surface area contributed by atoms with E-state index >= 15 is 0 Å². The summed E-state index contributed by atoms with van der Waals surface area (Å²) < 4.78 is 28.1. The van der Waals surface area contributed by atoms with Crippen molar-refractivity contribution < 1.29 is 19.0 Å². The molecule has 7 heteroatoms. The van der Waals surface area contributed by atoms with Gasteiger partial charge >= 0.3 is 0 Å². The van der Waals surface area contributed by atoms with Gasteiger partial charge in [0.15, 0.2) is 11.6 Å². The summed E-state index contributed by atoms with van der Waals surface area (Å²) in [7, 11) is 0. The predicted molar refractivity (Wildman–Crippen MR) is 135 cm³/mol. The Labute approximate surface area is 206 Å². The molecule has 1 aliphatic carbocycles. The van der Waals surface area contributed by atoms with Crippen molar-refractivity contribution in [2.24, 2.45) is 0 Å². The molecule has 1 aliphatic rings. The number of benzene rings is 2. The minimum absolute atomic E-state index is 0.125. The topological polar surface area (TPSA) is 59.8 Å². The highest BCUT2D eigenvalue weighted by Gasteiger charge is 2.33. The maximum atomic E-state index is 14.6. The average molecular weight is 480 g/mol. The van der Waals surface area contributed by atoms with Crippen LogP contribution >= 0.6 is 0 Å². The average Bonchev–Trinajstić information content (AvgIpc) is 3.64. The molecule has 4 rings (SSSR count). The van der Waals surface area contributed by atoms with Crippen LogP contribution < -0.4 is 4.74 Å². The number of para-hydroxylation sites is 2. The third-order valence-corrected chi connectivity index (χ3v) is 5.97. The smallest absolute Gasteiger partial charge is 0.227 e. The van der Waals surface area contributed by atoms with Crippen molar-refractivity contribution >= 4 is 0 Å². The summed E-state index contributed by atoms with van der Waals surface area (Å²) in [6.07, 6.45) is 3.20. The molecule has 35 heavy (non-hydrogen) atoms. The van der Waals surface area contributed by atoms with E-state index in [0.29, 0.717) is 31.6 Å². The lowest BCUT2D eigenvalue weighted by atomic mass is 10.1. The van der Waals surface area contributed by atoms with Gasteiger partial charge in [-0.05, 0) is 43.0 Å². The molecule has 0 amide bonds. The van der Waals surface area contributed by atoms with Crippen molar-refractivity contribution in [3.8, 4) is 17.3 Å². The quantitative estimate of drug-likeness (QED) is 0.261. The molecule has 1 N–H and O–H groups in total. The molecule has 2 aromatic carbocycles. The van der Waals surface area contributed by atoms with Gasteiger partial charge in [-0.15, -0.1) is 6.58 Å². The molecule has 6 nitrogen and oxygen atoms in total. The van der Waals surface area contributed by atoms with Crippen LogP contribution in [-0.4, -0.2) is 51.7 Å². The van der Waals surface area contributed by atoms with Gasteiger partial charge < -0.3 is 14.6 Å². The first-order chi connectivity index (χ1) is 17.0. The first kappa shape index (κ1) is 25.1. The van der Waals surface area contributed by atoms with E-state index in [2.05, 4.69) is 25.3 Å². The van der Waals surface area contributed by atoms with Gasteiger partial charge in [0, 0.05) is 19.1 Å². The van der Waals surface area contributed by atoms with Crippen molar-refractivity contribution in [2.45, 2.75) is 51.3 Å². The third-order valence-electron chi connectivity index (χ3n) is 5.97. The van der Waals surface area contributed by atoms with E-state index < -0.39 is 11.9 Å². The first-order valence-electron chi connectivity index (χ1n) is 12.2. The van der Waals surface area contributed by atoms with Crippen molar-refractivity contribution in [3.63, 3.8) is 0 Å². The van der Waals surface area contributed by atoms with Gasteiger partial charge in [-0.1, -0.05) is 50.3 Å². The standard InChI is InChI=1S/C28H34FN3O3/c1-4-16-34-19-23(33)17-31(21-14-15-21)18-24-27(20(2)3)30-32(22-10-6-5-7-11-22)28(24)35-26-13-9-8-12-25(26)29/h4-13,20-21,23,33H,1,14-19H2,2-3H3/t23-/m1/s1. The molecule has 0 spiro atoms. The molecule has 186 valence electrons. The molecular weight excluding hydrogens is 445 g/mol. The van der Waals surface area contributed by atoms with Crippen molar-refractivity contribution in [2.75, 3.05) is 19.8 Å². The van der Waals surface area contributed by atoms with Gasteiger partial charge in [0.2, 0.25) is 5.88 Å². The molecule has 0 unspecified atom stereocenters. The Morgan fingerprint density at radius 1 is 1.17 bits per heavy atom. The van der Waals surface area contributed by atoms with E-state index in [1.165, 1.54) is 6.07 Å². The molecule has 0 aliphatic heterocycles. The van der Waals surface area contributed by atoms with E-state index in [1.54, 1.807) is 29.0 Å². The van der Waals surface area contributed by atoms with Crippen LogP contribution in [0.1, 0.15) is 43.9 Å². The zero-order valence-electron chi connectivity index (χ0n) is 20.4. The molecule has 0 bridgehead atoms. The van der Waals surface area contributed by atoms with Crippen molar-refractivity contribution in [3.05, 3.63) is 84.3 Å². The minimum Gasteiger partial charge on any atom is -0.435 e. The number of ether oxygens (including phenoxy) is 2. The van der Waals surface area contributed by atoms with Gasteiger partial charge in [-0.2, -0.15) is 5.10 Å². The molecular formula is C28H34FN3O3. The summed E-state index contributed by atoms with van der Waals surface area (Å²) in [4.78, 5) is 2.26. The van der Waals surface area contributed by atoms with Crippen LogP contribution in [0, 0.1) is 5.82 Å². The number of hydrogen-bond donors (Lipinski definition) is 1. The number of rotatable bonds is 13. The Morgan fingerprint density at radius 3 is 2.54 bits per heavy atom. The van der Waals surface area contributed by atoms with Crippen LogP contribution in [0.3, 0.4) is 0 Å². The monoisotopic (exact) mass is 479 g/mol. The molecule has 1 heterocycles. The fourth-order valence-corrected chi connectivity index (χ4v) is 4.14. The zero-order valence-corrected chi connectivity index (χ0v) is 20.4. The molecule has 1 fully saturated rings. The maximum absolute atomic E-state index is 14.6. The van der Waals surface area contributed by atoms with Gasteiger partial charge in [0.1, 0.15) is 0 Å². The molecule has 3 aromatic rings. The van der Waals surface area contributed by atoms with E-state index in [9.17, 15) is 9.50 Å². The van der Waals surface area contributed by atoms with Crippen LogP contribution in [0.2, 0.25) is 0 Å². The predicted octanol–water partition coefficient (Wildman–Crippen LogP) is 5.46. The summed E-state index contributed by atoms with van der Waals surface area (Å²) in [6, 6.07) is 16.5. The van der Waals surface area contributed by atoms with Crippen LogP contribution in [0.4, 0.5) is 4.39 Å². The van der Waals surface area contributed by atoms with Crippen LogP contribution in [0.25, 0.3) is 5.69 Å². The second-order valence-corrected chi connectivity index (χ2v) is 9.24. The number of hydrogen-bond acceptors (Lipinski definition) is 5. The van der Waals surface area contributed by atoms with Crippen molar-refractivity contribution in [1.29, 1.82) is 0 Å². The molecule has 0 radical (unpaired) electrons. The Morgan fingerprint density at radius 2 is 1.89 bits per heavy atom. The largest absolute Gasteiger partial charge is 0.435 e. The number of nitrogens with zero attached hydrogens (tertiary/aromatic N) is 3. The number of aliphatic hydroxyl groups excluding tert-OH is 1. The second-order valence-electron chi connectivity index (χ2n) is 9.24. The number of aromatic nitrogens is 2. The highest BCUT2D eigenvalue weighted by atomic mass is 19.1. The van der Waals surface area contributed by atoms with Crippen LogP contribution in [-0.2, 0) is 11.3 Å². The summed E-state index contributed by atoms with van der Waals surface area (Å²) in [5.74, 6) is 0.337. The number of halogens is 1. The fourth-order valence-electron chi connectivity index (χ4n) is 4.14. The molecule has 1 atom stereocenters. The Hall–Kier alpha value is -3.00. The molecule has 0 saturated heterocycles. The zero-order chi connectivity index (χ0) is 24.8. The van der Waals surface area contributed by atoms with Crippen LogP contribution in [0.15, 0.2) is 67.3 Å². The lowest BCUT2D eigenvalue weighted by Crippen LogP contribution is -2.36. The summed E-state index contributed by atoms with van der Waals surface area (Å²) >= 11 is 0. The third kappa shape index (κ3) is 6.36. The fraction of sp³-hybridized carbons (Fsp3) is 0.393. The van der Waals surface area contributed by atoms with Gasteiger partial charge in [0.25, 0.3) is 0 Å².